The van der Waals surface area contributed by atoms with Gasteiger partial charge in [0, 0.05) is 17.6 Å². The topological polar surface area (TPSA) is 80.9 Å². The number of hydrogen-bond donors (Lipinski definition) is 2. The lowest BCUT2D eigenvalue weighted by molar-refractivity contribution is 0.0959. The minimum Gasteiger partial charge on any atom is -0.395 e. The number of rotatable bonds is 2. The van der Waals surface area contributed by atoms with Gasteiger partial charge in [-0.05, 0) is 29.8 Å². The molecule has 0 radical (unpaired) electrons. The molecule has 0 saturated carbocycles. The van der Waals surface area contributed by atoms with E-state index < -0.39 is 11.7 Å². The molecule has 0 saturated heterocycles. The van der Waals surface area contributed by atoms with Gasteiger partial charge in [-0.15, -0.1) is 0 Å². The smallest absolute Gasteiger partial charge is 0.271 e. The molecule has 1 heterocycles. The van der Waals surface area contributed by atoms with Gasteiger partial charge >= 0.3 is 0 Å². The zero-order valence-corrected chi connectivity index (χ0v) is 11.8. The van der Waals surface area contributed by atoms with Crippen molar-refractivity contribution in [2.24, 2.45) is 0 Å². The fourth-order valence-electron chi connectivity index (χ4n) is 1.62. The Labute approximate surface area is 123 Å². The van der Waals surface area contributed by atoms with Crippen LogP contribution in [0.5, 0.6) is 0 Å². The number of nitrogens with one attached hydrogen (secondary N) is 1. The average molecular weight is 315 g/mol. The summed E-state index contributed by atoms with van der Waals surface area (Å²) < 4.78 is 13.9. The van der Waals surface area contributed by atoms with E-state index in [-0.39, 0.29) is 32.9 Å². The van der Waals surface area contributed by atoms with Crippen LogP contribution in [0.1, 0.15) is 10.5 Å². The van der Waals surface area contributed by atoms with E-state index in [0.717, 1.165) is 6.07 Å². The highest BCUT2D eigenvalue weighted by Gasteiger charge is 2.19. The fourth-order valence-corrected chi connectivity index (χ4v) is 1.95. The first-order valence-corrected chi connectivity index (χ1v) is 6.20. The largest absolute Gasteiger partial charge is 0.395 e. The van der Waals surface area contributed by atoms with Crippen molar-refractivity contribution in [2.45, 2.75) is 0 Å². The maximum Gasteiger partial charge on any atom is 0.271 e. The summed E-state index contributed by atoms with van der Waals surface area (Å²) in [6, 6.07) is 4.00. The van der Waals surface area contributed by atoms with Gasteiger partial charge in [0.1, 0.15) is 11.5 Å². The number of anilines is 1. The van der Waals surface area contributed by atoms with E-state index in [4.69, 9.17) is 28.9 Å². The average Bonchev–Trinajstić information content (AvgIpc) is 2.40. The molecular formula is C12H9Cl2FN4O. The summed E-state index contributed by atoms with van der Waals surface area (Å²) in [5, 5.41) is 2.40. The van der Waals surface area contributed by atoms with E-state index in [1.54, 1.807) is 0 Å². The Morgan fingerprint density at radius 1 is 1.35 bits per heavy atom. The van der Waals surface area contributed by atoms with Gasteiger partial charge in [0.05, 0.1) is 5.69 Å². The highest BCUT2D eigenvalue weighted by Crippen LogP contribution is 2.30. The van der Waals surface area contributed by atoms with E-state index >= 15 is 0 Å². The summed E-state index contributed by atoms with van der Waals surface area (Å²) in [4.78, 5) is 19.3. The van der Waals surface area contributed by atoms with Crippen molar-refractivity contribution in [3.8, 4) is 11.3 Å². The molecule has 1 aromatic carbocycles. The van der Waals surface area contributed by atoms with Crippen molar-refractivity contribution in [3.63, 3.8) is 0 Å². The molecule has 104 valence electrons. The molecule has 0 spiro atoms. The molecule has 1 aromatic heterocycles. The number of hydrogen-bond acceptors (Lipinski definition) is 4. The van der Waals surface area contributed by atoms with Crippen LogP contribution in [0, 0.1) is 5.82 Å². The number of nitrogens with two attached hydrogens (primary N) is 1. The first-order valence-electron chi connectivity index (χ1n) is 5.44. The van der Waals surface area contributed by atoms with E-state index in [1.165, 1.54) is 19.2 Å². The SMILES string of the molecule is CNC(=O)c1nc(Cl)nc(-c2ccc(Cl)cc2F)c1N. The van der Waals surface area contributed by atoms with Gasteiger partial charge in [-0.1, -0.05) is 11.6 Å². The molecule has 8 heteroatoms. The molecule has 0 bridgehead atoms. The molecular weight excluding hydrogens is 306 g/mol. The van der Waals surface area contributed by atoms with Crippen molar-refractivity contribution >= 4 is 34.8 Å². The lowest BCUT2D eigenvalue weighted by Gasteiger charge is -2.10. The van der Waals surface area contributed by atoms with Crippen molar-refractivity contribution in [2.75, 3.05) is 12.8 Å². The van der Waals surface area contributed by atoms with Gasteiger partial charge in [-0.3, -0.25) is 4.79 Å². The van der Waals surface area contributed by atoms with Crippen molar-refractivity contribution in [1.29, 1.82) is 0 Å². The van der Waals surface area contributed by atoms with Gasteiger partial charge in [0.2, 0.25) is 5.28 Å². The minimum atomic E-state index is -0.623. The van der Waals surface area contributed by atoms with Crippen LogP contribution in [0.2, 0.25) is 10.3 Å². The molecule has 5 nitrogen and oxygen atoms in total. The third kappa shape index (κ3) is 2.66. The summed E-state index contributed by atoms with van der Waals surface area (Å²) in [7, 11) is 1.42. The highest BCUT2D eigenvalue weighted by molar-refractivity contribution is 6.30. The zero-order chi connectivity index (χ0) is 14.9. The predicted octanol–water partition coefficient (Wildman–Crippen LogP) is 2.53. The molecule has 2 aromatic rings. The lowest BCUT2D eigenvalue weighted by Crippen LogP contribution is -2.22. The Kier molecular flexibility index (Phi) is 4.06. The van der Waals surface area contributed by atoms with Crippen LogP contribution in [0.4, 0.5) is 10.1 Å². The van der Waals surface area contributed by atoms with Crippen LogP contribution in [0.25, 0.3) is 11.3 Å². The van der Waals surface area contributed by atoms with Crippen molar-refractivity contribution in [1.82, 2.24) is 15.3 Å². The Bertz CT molecular complexity index is 693. The molecule has 0 unspecified atom stereocenters. The molecule has 0 aliphatic carbocycles. The molecule has 1 amide bonds. The summed E-state index contributed by atoms with van der Waals surface area (Å²) in [6.45, 7) is 0. The zero-order valence-electron chi connectivity index (χ0n) is 10.2. The second-order valence-electron chi connectivity index (χ2n) is 3.81. The Balaban J connectivity index is 2.68. The number of benzene rings is 1. The van der Waals surface area contributed by atoms with E-state index in [2.05, 4.69) is 15.3 Å². The number of nitrogen functional groups attached to an aromatic ring is 1. The van der Waals surface area contributed by atoms with Crippen LogP contribution in [-0.4, -0.2) is 22.9 Å². The summed E-state index contributed by atoms with van der Waals surface area (Å²) in [5.41, 5.74) is 5.77. The van der Waals surface area contributed by atoms with Crippen LogP contribution in [0.15, 0.2) is 18.2 Å². The second kappa shape index (κ2) is 5.60. The van der Waals surface area contributed by atoms with Crippen LogP contribution >= 0.6 is 23.2 Å². The highest BCUT2D eigenvalue weighted by atomic mass is 35.5. The number of carbonyl (C=O) groups excluding carboxylic acids is 1. The third-order valence-electron chi connectivity index (χ3n) is 2.55. The van der Waals surface area contributed by atoms with Crippen molar-refractivity contribution < 1.29 is 9.18 Å². The van der Waals surface area contributed by atoms with Gasteiger partial charge in [-0.2, -0.15) is 0 Å². The van der Waals surface area contributed by atoms with Crippen LogP contribution < -0.4 is 11.1 Å². The van der Waals surface area contributed by atoms with Crippen LogP contribution in [0.3, 0.4) is 0 Å². The molecule has 3 N–H and O–H groups in total. The second-order valence-corrected chi connectivity index (χ2v) is 4.58. The summed E-state index contributed by atoms with van der Waals surface area (Å²) >= 11 is 11.4. The van der Waals surface area contributed by atoms with E-state index in [9.17, 15) is 9.18 Å². The fraction of sp³-hybridized carbons (Fsp3) is 0.0833. The van der Waals surface area contributed by atoms with Crippen LogP contribution in [-0.2, 0) is 0 Å². The summed E-state index contributed by atoms with van der Waals surface area (Å²) in [6.07, 6.45) is 0. The first-order chi connectivity index (χ1) is 9.43. The van der Waals surface area contributed by atoms with Crippen molar-refractivity contribution in [3.05, 3.63) is 40.0 Å². The normalized spacial score (nSPS) is 10.4. The standard InChI is InChI=1S/C12H9Cl2FN4O/c1-17-11(20)10-8(16)9(18-12(14)19-10)6-3-2-5(13)4-7(6)15/h2-4H,16H2,1H3,(H,17,20). The lowest BCUT2D eigenvalue weighted by atomic mass is 10.1. The molecule has 0 fully saturated rings. The number of halogens is 3. The van der Waals surface area contributed by atoms with Gasteiger partial charge < -0.3 is 11.1 Å². The first kappa shape index (κ1) is 14.5. The molecule has 0 atom stereocenters. The summed E-state index contributed by atoms with van der Waals surface area (Å²) in [5.74, 6) is -1.16. The number of carbonyl (C=O) groups is 1. The minimum absolute atomic E-state index is 0.0396. The maximum absolute atomic E-state index is 13.9. The number of aromatic nitrogens is 2. The molecule has 2 rings (SSSR count). The number of amides is 1. The molecule has 20 heavy (non-hydrogen) atoms. The quantitative estimate of drug-likeness (QED) is 0.835. The maximum atomic E-state index is 13.9. The Morgan fingerprint density at radius 3 is 2.65 bits per heavy atom. The Hall–Kier alpha value is -1.92. The molecule has 0 aliphatic heterocycles. The van der Waals surface area contributed by atoms with Gasteiger partial charge in [0.15, 0.2) is 5.69 Å². The number of nitrogens with zero attached hydrogens (tertiary/aromatic N) is 2. The van der Waals surface area contributed by atoms with E-state index in [0.29, 0.717) is 0 Å². The van der Waals surface area contributed by atoms with Gasteiger partial charge in [0.25, 0.3) is 5.91 Å². The monoisotopic (exact) mass is 314 g/mol. The predicted molar refractivity (Wildman–Crippen MR) is 75.2 cm³/mol. The van der Waals surface area contributed by atoms with Gasteiger partial charge in [-0.25, -0.2) is 14.4 Å². The third-order valence-corrected chi connectivity index (χ3v) is 2.95. The van der Waals surface area contributed by atoms with E-state index in [1.807, 2.05) is 0 Å². The molecule has 0 aliphatic rings. The Morgan fingerprint density at radius 2 is 2.05 bits per heavy atom.